The van der Waals surface area contributed by atoms with Crippen molar-refractivity contribution in [3.05, 3.63) is 68.8 Å². The first-order valence-electron chi connectivity index (χ1n) is 8.68. The van der Waals surface area contributed by atoms with Gasteiger partial charge in [-0.2, -0.15) is 0 Å². The molecule has 0 heterocycles. The maximum absolute atomic E-state index is 10.9. The number of hydrogen-bond acceptors (Lipinski definition) is 3. The highest BCUT2D eigenvalue weighted by molar-refractivity contribution is 14.1. The first kappa shape index (κ1) is 21.0. The quantitative estimate of drug-likeness (QED) is 0.376. The van der Waals surface area contributed by atoms with E-state index >= 15 is 0 Å². The minimum atomic E-state index is -0.893. The Labute approximate surface area is 173 Å². The average molecular weight is 476 g/mol. The molecular weight excluding hydrogens is 455 g/mol. The molecule has 5 heteroatoms. The molecule has 0 amide bonds. The van der Waals surface area contributed by atoms with Gasteiger partial charge in [-0.15, -0.1) is 0 Å². The van der Waals surface area contributed by atoms with Crippen LogP contribution in [0.15, 0.2) is 48.5 Å². The number of hydrogen-bond donors (Lipinski definition) is 1. The molecule has 3 rings (SSSR count). The Hall–Kier alpha value is -2.33. The number of carbonyl (C=O) groups is 2. The smallest absolute Gasteiger partial charge is 0.337 e. The molecule has 0 aliphatic heterocycles. The van der Waals surface area contributed by atoms with Crippen molar-refractivity contribution in [2.45, 2.75) is 25.7 Å². The van der Waals surface area contributed by atoms with Crippen molar-refractivity contribution in [1.82, 2.24) is 0 Å². The van der Waals surface area contributed by atoms with Crippen molar-refractivity contribution in [3.63, 3.8) is 0 Å². The second-order valence-corrected chi connectivity index (χ2v) is 7.38. The van der Waals surface area contributed by atoms with Gasteiger partial charge in [0.1, 0.15) is 0 Å². The molecule has 0 saturated heterocycles. The van der Waals surface area contributed by atoms with Crippen LogP contribution in [0.3, 0.4) is 0 Å². The summed E-state index contributed by atoms with van der Waals surface area (Å²) in [6.07, 6.45) is 5.00. The number of benzene rings is 2. The standard InChI is InChI=1S/C14H14O2.C8H7IO2/c15-14(16)13-9-7-12(8-10-13)6-5-11-3-1-2-4-11;1-11-8(10)6-2-4-7(9)5-3-6/h7-11H,1-4H2,(H,15,16);2-5H,1H3. The van der Waals surface area contributed by atoms with Crippen LogP contribution in [0, 0.1) is 21.3 Å². The van der Waals surface area contributed by atoms with Crippen molar-refractivity contribution in [2.24, 2.45) is 5.92 Å². The number of methoxy groups -OCH3 is 1. The van der Waals surface area contributed by atoms with Gasteiger partial charge in [0.25, 0.3) is 0 Å². The summed E-state index contributed by atoms with van der Waals surface area (Å²) in [5.74, 6) is 5.72. The SMILES string of the molecule is COC(=O)c1ccc(I)cc1.O=C(O)c1ccc(C#CC2CCCC2)cc1. The van der Waals surface area contributed by atoms with E-state index in [4.69, 9.17) is 5.11 Å². The number of carboxylic acid groups (broad SMARTS) is 1. The largest absolute Gasteiger partial charge is 0.478 e. The molecular formula is C22H21IO4. The Bertz CT molecular complexity index is 823. The second kappa shape index (κ2) is 10.7. The summed E-state index contributed by atoms with van der Waals surface area (Å²) in [5.41, 5.74) is 1.80. The van der Waals surface area contributed by atoms with Crippen LogP contribution in [0.5, 0.6) is 0 Å². The van der Waals surface area contributed by atoms with Crippen LogP contribution in [-0.4, -0.2) is 24.2 Å². The fraction of sp³-hybridized carbons (Fsp3) is 0.273. The van der Waals surface area contributed by atoms with Gasteiger partial charge in [-0.1, -0.05) is 24.7 Å². The summed E-state index contributed by atoms with van der Waals surface area (Å²) >= 11 is 2.18. The van der Waals surface area contributed by atoms with Crippen LogP contribution in [0.4, 0.5) is 0 Å². The number of aromatic carboxylic acids is 1. The van der Waals surface area contributed by atoms with Gasteiger partial charge in [0.05, 0.1) is 18.2 Å². The highest BCUT2D eigenvalue weighted by Gasteiger charge is 2.11. The van der Waals surface area contributed by atoms with Crippen molar-refractivity contribution in [3.8, 4) is 11.8 Å². The minimum Gasteiger partial charge on any atom is -0.478 e. The van der Waals surface area contributed by atoms with Gasteiger partial charge in [-0.05, 0) is 84.0 Å². The van der Waals surface area contributed by atoms with Crippen molar-refractivity contribution in [2.75, 3.05) is 7.11 Å². The molecule has 0 atom stereocenters. The number of ether oxygens (including phenoxy) is 1. The zero-order chi connectivity index (χ0) is 19.6. The molecule has 0 spiro atoms. The Morgan fingerprint density at radius 2 is 1.56 bits per heavy atom. The van der Waals surface area contributed by atoms with Crippen molar-refractivity contribution >= 4 is 34.5 Å². The number of rotatable bonds is 2. The van der Waals surface area contributed by atoms with E-state index in [1.165, 1.54) is 32.8 Å². The molecule has 1 N–H and O–H groups in total. The molecule has 1 aliphatic rings. The van der Waals surface area contributed by atoms with E-state index in [9.17, 15) is 9.59 Å². The van der Waals surface area contributed by atoms with Gasteiger partial charge >= 0.3 is 11.9 Å². The minimum absolute atomic E-state index is 0.290. The summed E-state index contributed by atoms with van der Waals surface area (Å²) in [6, 6.07) is 14.0. The molecule has 2 aromatic rings. The van der Waals surface area contributed by atoms with Crippen LogP contribution in [-0.2, 0) is 4.74 Å². The summed E-state index contributed by atoms with van der Waals surface area (Å²) in [7, 11) is 1.38. The number of esters is 1. The third-order valence-electron chi connectivity index (χ3n) is 4.17. The van der Waals surface area contributed by atoms with Crippen molar-refractivity contribution < 1.29 is 19.4 Å². The molecule has 0 aromatic heterocycles. The highest BCUT2D eigenvalue weighted by atomic mass is 127. The summed E-state index contributed by atoms with van der Waals surface area (Å²) in [4.78, 5) is 21.5. The molecule has 2 aromatic carbocycles. The van der Waals surface area contributed by atoms with E-state index in [2.05, 4.69) is 39.2 Å². The van der Waals surface area contributed by atoms with Gasteiger partial charge in [0.15, 0.2) is 0 Å². The maximum Gasteiger partial charge on any atom is 0.337 e. The first-order chi connectivity index (χ1) is 13.0. The second-order valence-electron chi connectivity index (χ2n) is 6.13. The lowest BCUT2D eigenvalue weighted by atomic mass is 10.1. The van der Waals surface area contributed by atoms with Gasteiger partial charge in [-0.3, -0.25) is 0 Å². The highest BCUT2D eigenvalue weighted by Crippen LogP contribution is 2.23. The lowest BCUT2D eigenvalue weighted by Gasteiger charge is -1.97. The van der Waals surface area contributed by atoms with Crippen LogP contribution in [0.25, 0.3) is 0 Å². The summed E-state index contributed by atoms with van der Waals surface area (Å²) in [5, 5.41) is 8.74. The fourth-order valence-corrected chi connectivity index (χ4v) is 3.02. The van der Waals surface area contributed by atoms with E-state index in [1.54, 1.807) is 36.4 Å². The Morgan fingerprint density at radius 3 is 2.07 bits per heavy atom. The molecule has 0 bridgehead atoms. The van der Waals surface area contributed by atoms with Crippen LogP contribution >= 0.6 is 22.6 Å². The average Bonchev–Trinajstić information content (AvgIpc) is 3.21. The first-order valence-corrected chi connectivity index (χ1v) is 9.76. The lowest BCUT2D eigenvalue weighted by Crippen LogP contribution is -2.00. The normalized spacial score (nSPS) is 13.0. The number of carbonyl (C=O) groups excluding carboxylic acids is 1. The van der Waals surface area contributed by atoms with Crippen LogP contribution < -0.4 is 0 Å². The van der Waals surface area contributed by atoms with Crippen LogP contribution in [0.1, 0.15) is 52.0 Å². The Balaban J connectivity index is 0.000000208. The van der Waals surface area contributed by atoms with Crippen LogP contribution in [0.2, 0.25) is 0 Å². The van der Waals surface area contributed by atoms with E-state index < -0.39 is 5.97 Å². The van der Waals surface area contributed by atoms with E-state index in [-0.39, 0.29) is 5.97 Å². The Kier molecular flexibility index (Phi) is 8.34. The summed E-state index contributed by atoms with van der Waals surface area (Å²) in [6.45, 7) is 0. The number of halogens is 1. The predicted octanol–water partition coefficient (Wildman–Crippen LogP) is 5.00. The topological polar surface area (TPSA) is 63.6 Å². The van der Waals surface area contributed by atoms with E-state index in [0.717, 1.165) is 9.13 Å². The van der Waals surface area contributed by atoms with E-state index in [0.29, 0.717) is 17.0 Å². The fourth-order valence-electron chi connectivity index (χ4n) is 2.66. The zero-order valence-electron chi connectivity index (χ0n) is 15.1. The van der Waals surface area contributed by atoms with Crippen molar-refractivity contribution in [1.29, 1.82) is 0 Å². The maximum atomic E-state index is 10.9. The van der Waals surface area contributed by atoms with Gasteiger partial charge < -0.3 is 9.84 Å². The lowest BCUT2D eigenvalue weighted by molar-refractivity contribution is 0.0599. The Morgan fingerprint density at radius 1 is 1.00 bits per heavy atom. The molecule has 1 saturated carbocycles. The third-order valence-corrected chi connectivity index (χ3v) is 4.89. The molecule has 27 heavy (non-hydrogen) atoms. The molecule has 0 radical (unpaired) electrons. The molecule has 140 valence electrons. The van der Waals surface area contributed by atoms with Gasteiger partial charge in [0, 0.05) is 15.1 Å². The van der Waals surface area contributed by atoms with Gasteiger partial charge in [0.2, 0.25) is 0 Å². The number of carboxylic acids is 1. The zero-order valence-corrected chi connectivity index (χ0v) is 17.2. The monoisotopic (exact) mass is 476 g/mol. The van der Waals surface area contributed by atoms with E-state index in [1.807, 2.05) is 12.1 Å². The summed E-state index contributed by atoms with van der Waals surface area (Å²) < 4.78 is 5.64. The molecule has 1 aliphatic carbocycles. The molecule has 0 unspecified atom stereocenters. The molecule has 1 fully saturated rings. The van der Waals surface area contributed by atoms with Gasteiger partial charge in [-0.25, -0.2) is 9.59 Å². The predicted molar refractivity (Wildman–Crippen MR) is 113 cm³/mol. The molecule has 4 nitrogen and oxygen atoms in total. The third kappa shape index (κ3) is 7.06.